The van der Waals surface area contributed by atoms with E-state index in [1.807, 2.05) is 0 Å². The van der Waals surface area contributed by atoms with Crippen molar-refractivity contribution >= 4 is 7.82 Å². The van der Waals surface area contributed by atoms with Gasteiger partial charge < -0.3 is 13.6 Å². The first kappa shape index (κ1) is 104. The molecule has 0 radical (unpaired) electrons. The van der Waals surface area contributed by atoms with E-state index in [9.17, 15) is 0 Å². The van der Waals surface area contributed by atoms with Gasteiger partial charge in [0, 0.05) is 0 Å². The lowest BCUT2D eigenvalue weighted by molar-refractivity contribution is 0.294. The zero-order chi connectivity index (χ0) is 83.5. The van der Waals surface area contributed by atoms with Gasteiger partial charge in [0.1, 0.15) is 17.2 Å². The number of phosphoric acid groups is 1. The van der Waals surface area contributed by atoms with Gasteiger partial charge >= 0.3 is 7.82 Å². The van der Waals surface area contributed by atoms with Gasteiger partial charge in [-0.15, -0.1) is 0 Å². The smallest absolute Gasteiger partial charge is 0.386 e. The highest BCUT2D eigenvalue weighted by Crippen LogP contribution is 2.53. The summed E-state index contributed by atoms with van der Waals surface area (Å²) in [6.07, 6.45) is 59.6. The van der Waals surface area contributed by atoms with Crippen molar-refractivity contribution in [3.05, 3.63) is 88.0 Å². The molecule has 12 atom stereocenters. The summed E-state index contributed by atoms with van der Waals surface area (Å²) in [5.74, 6) is 15.0. The van der Waals surface area contributed by atoms with Gasteiger partial charge in [-0.1, -0.05) is 434 Å². The topological polar surface area (TPSA) is 44.8 Å². The van der Waals surface area contributed by atoms with Crippen LogP contribution in [0.5, 0.6) is 17.2 Å². The average molecular weight is 1590 g/mol. The summed E-state index contributed by atoms with van der Waals surface area (Å²) in [7, 11) is -4.48. The van der Waals surface area contributed by atoms with Crippen LogP contribution in [0.25, 0.3) is 0 Å². The second-order valence-electron chi connectivity index (χ2n) is 42.6. The number of aryl methyl sites for hydroxylation is 6. The molecule has 0 aliphatic carbocycles. The molecule has 0 saturated heterocycles. The summed E-state index contributed by atoms with van der Waals surface area (Å²) in [4.78, 5) is 0. The van der Waals surface area contributed by atoms with Crippen molar-refractivity contribution in [3.63, 3.8) is 0 Å². The maximum atomic E-state index is 17.1. The van der Waals surface area contributed by atoms with E-state index in [1.165, 1.54) is 248 Å². The minimum atomic E-state index is -4.48. The summed E-state index contributed by atoms with van der Waals surface area (Å²) >= 11 is 0. The Balaban J connectivity index is 2.24. The fourth-order valence-corrected chi connectivity index (χ4v) is 19.3. The Morgan fingerprint density at radius 3 is 0.496 bits per heavy atom. The number of hydrogen-bond acceptors (Lipinski definition) is 4. The van der Waals surface area contributed by atoms with Gasteiger partial charge in [-0.25, -0.2) is 0 Å². The van der Waals surface area contributed by atoms with Crippen LogP contribution in [-0.2, 0) is 43.1 Å². The second-order valence-corrected chi connectivity index (χ2v) is 44.0. The van der Waals surface area contributed by atoms with E-state index in [4.69, 9.17) is 13.6 Å². The van der Waals surface area contributed by atoms with Crippen molar-refractivity contribution < 1.29 is 18.1 Å². The molecule has 0 spiro atoms. The largest absolute Gasteiger partial charge is 0.647 e. The van der Waals surface area contributed by atoms with Crippen molar-refractivity contribution in [2.24, 2.45) is 107 Å². The number of benzene rings is 3. The molecule has 0 aromatic heterocycles. The summed E-state index contributed by atoms with van der Waals surface area (Å²) in [6.45, 7) is 58.1. The van der Waals surface area contributed by atoms with Crippen LogP contribution in [0.2, 0.25) is 0 Å². The van der Waals surface area contributed by atoms with Crippen LogP contribution in [0.4, 0.5) is 0 Å². The quantitative estimate of drug-likeness (QED) is 0.0529. The molecule has 4 nitrogen and oxygen atoms in total. The van der Waals surface area contributed by atoms with E-state index in [1.54, 1.807) is 0 Å². The molecule has 0 aliphatic heterocycles. The Morgan fingerprint density at radius 2 is 0.336 bits per heavy atom. The minimum absolute atomic E-state index is 0.553. The predicted molar refractivity (Wildman–Crippen MR) is 504 cm³/mol. The average Bonchev–Trinajstić information content (AvgIpc) is 0.795. The molecular formula is C108H195O4P. The summed E-state index contributed by atoms with van der Waals surface area (Å²) in [5, 5.41) is 0. The highest BCUT2D eigenvalue weighted by atomic mass is 31.2. The maximum Gasteiger partial charge on any atom is 0.647 e. The van der Waals surface area contributed by atoms with E-state index in [0.717, 1.165) is 165 Å². The molecule has 3 aromatic carbocycles. The van der Waals surface area contributed by atoms with Crippen LogP contribution in [0.3, 0.4) is 0 Å². The fourth-order valence-electron chi connectivity index (χ4n) is 17.9. The molecule has 5 heteroatoms. The van der Waals surface area contributed by atoms with Crippen LogP contribution >= 0.6 is 7.82 Å². The lowest BCUT2D eigenvalue weighted by Crippen LogP contribution is -2.12. The Hall–Kier alpha value is -2.71. The van der Waals surface area contributed by atoms with Gasteiger partial charge in [-0.2, -0.15) is 4.57 Å². The van der Waals surface area contributed by atoms with Crippen LogP contribution in [0.15, 0.2) is 54.6 Å². The third-order valence-electron chi connectivity index (χ3n) is 26.7. The molecular weight excluding hydrogens is 1390 g/mol. The van der Waals surface area contributed by atoms with Crippen LogP contribution in [0, 0.1) is 107 Å². The van der Waals surface area contributed by atoms with Gasteiger partial charge in [-0.05, 0) is 235 Å². The van der Waals surface area contributed by atoms with Crippen LogP contribution < -0.4 is 13.6 Å². The number of rotatable bonds is 72. The normalized spacial score (nSPS) is 16.1. The molecule has 3 rings (SSSR count). The predicted octanol–water partition coefficient (Wildman–Crippen LogP) is 36.5. The number of phosphoric ester groups is 1. The molecule has 12 unspecified atom stereocenters. The van der Waals surface area contributed by atoms with Crippen LogP contribution in [-0.4, -0.2) is 0 Å². The SMILES string of the molecule is CC(C)CCCC(C)CCCC(C)CCc1ccc(OP(=O)(Oc2ccc(CCC(C)CCCC(C)CCCC(C)C)cc2CCC(C)CCCC(C)CCCC(C)C)Oc2ccc(CCC(C)CCCC(C)CCCC(C)C)cc2CCC(C)CCCC(C)CCCC(C)C)c(CCC(C)CCCC(C)CCCC(C)C)c1. The van der Waals surface area contributed by atoms with Crippen molar-refractivity contribution in [1.82, 2.24) is 0 Å². The molecule has 3 aromatic rings. The first-order chi connectivity index (χ1) is 53.7. The van der Waals surface area contributed by atoms with Gasteiger partial charge in [0.25, 0.3) is 0 Å². The Labute approximate surface area is 707 Å². The third kappa shape index (κ3) is 53.5. The van der Waals surface area contributed by atoms with Crippen molar-refractivity contribution in [2.45, 2.75) is 474 Å². The van der Waals surface area contributed by atoms with E-state index < -0.39 is 7.82 Å². The zero-order valence-electron chi connectivity index (χ0n) is 80.1. The monoisotopic (exact) mass is 1590 g/mol. The summed E-state index contributed by atoms with van der Waals surface area (Å²) < 4.78 is 39.1. The lowest BCUT2D eigenvalue weighted by atomic mass is 9.90. The van der Waals surface area contributed by atoms with Gasteiger partial charge in [0.05, 0.1) is 0 Å². The van der Waals surface area contributed by atoms with Crippen molar-refractivity contribution in [2.75, 3.05) is 0 Å². The van der Waals surface area contributed by atoms with Gasteiger partial charge in [0.2, 0.25) is 0 Å². The van der Waals surface area contributed by atoms with E-state index >= 15 is 4.57 Å². The lowest BCUT2D eigenvalue weighted by Gasteiger charge is -2.25. The van der Waals surface area contributed by atoms with Crippen molar-refractivity contribution in [1.29, 1.82) is 0 Å². The summed E-state index contributed by atoms with van der Waals surface area (Å²) in [6, 6.07) is 20.6. The molecule has 0 N–H and O–H groups in total. The highest BCUT2D eigenvalue weighted by Gasteiger charge is 2.36. The fraction of sp³-hybridized carbons (Fsp3) is 0.833. The summed E-state index contributed by atoms with van der Waals surface area (Å²) in [5.41, 5.74) is 7.45. The van der Waals surface area contributed by atoms with E-state index in [-0.39, 0.29) is 0 Å². The van der Waals surface area contributed by atoms with Gasteiger partial charge in [0.15, 0.2) is 0 Å². The Kier molecular flexibility index (Phi) is 56.9. The molecule has 0 saturated carbocycles. The third-order valence-corrected chi connectivity index (χ3v) is 28.0. The molecule has 0 aliphatic rings. The first-order valence-corrected chi connectivity index (χ1v) is 51.2. The Morgan fingerprint density at radius 1 is 0.195 bits per heavy atom. The maximum absolute atomic E-state index is 17.1. The molecule has 0 heterocycles. The molecule has 0 bridgehead atoms. The van der Waals surface area contributed by atoms with Crippen molar-refractivity contribution in [3.8, 4) is 17.2 Å². The van der Waals surface area contributed by atoms with E-state index in [2.05, 4.69) is 221 Å². The standard InChI is InChI=1S/C108H195O4P/c1-82(2)37-25-43-88(13)49-31-55-94(19)61-67-100-70-76-106(103(79-100)73-64-97(22)58-34-52-91(16)46-28-40-85(7)8)110-113(109,111-107-77-71-101(68-62-95(20)56-32-50-89(14)44-26-38-83(3)4)80-104(107)74-65-98(23)59-35-53-92(17)47-29-41-86(9)10)112-108-78-72-102(69-63-96(21)57-33-51-90(15)45-27-39-84(5)6)81-105(108)75-66-99(24)60-36-54-93(18)48-30-42-87(11)12/h70-72,76-99H,25-69,73-75H2,1-24H3. The first-order valence-electron chi connectivity index (χ1n) is 49.8. The molecule has 113 heavy (non-hydrogen) atoms. The van der Waals surface area contributed by atoms with Crippen LogP contribution in [0.1, 0.15) is 469 Å². The highest BCUT2D eigenvalue weighted by molar-refractivity contribution is 7.49. The number of hydrogen-bond donors (Lipinski definition) is 0. The van der Waals surface area contributed by atoms with Gasteiger partial charge in [-0.3, -0.25) is 0 Å². The minimum Gasteiger partial charge on any atom is -0.386 e. The Bertz CT molecular complexity index is 2530. The molecule has 0 fully saturated rings. The second kappa shape index (κ2) is 61.6. The van der Waals surface area contributed by atoms with E-state index in [0.29, 0.717) is 52.8 Å². The zero-order valence-corrected chi connectivity index (χ0v) is 81.0. The molecule has 0 amide bonds. The molecule has 656 valence electrons.